The molecule has 0 aromatic heterocycles. The molecule has 3 amide bonds. The van der Waals surface area contributed by atoms with Crippen LogP contribution in [0.2, 0.25) is 10.0 Å². The standard InChI is InChI=1S/C20H17Cl2N5O3/c1-10-3-6-15(14(22)7-10)23-16(28)9-26-18-17(24-25-26)19(29)27(20(18)30)12-5-4-11(2)13(21)8-12/h3-8,17-18H,9H2,1-2H3,(H,23,28)/t17-,18+/m1/s1. The van der Waals surface area contributed by atoms with Crippen LogP contribution in [0.1, 0.15) is 11.1 Å². The number of nitrogens with one attached hydrogen (secondary N) is 1. The van der Waals surface area contributed by atoms with Gasteiger partial charge < -0.3 is 5.32 Å². The Bertz CT molecular complexity index is 1100. The summed E-state index contributed by atoms with van der Waals surface area (Å²) in [6.07, 6.45) is 0. The molecule has 0 spiro atoms. The van der Waals surface area contributed by atoms with E-state index < -0.39 is 29.8 Å². The van der Waals surface area contributed by atoms with Crippen LogP contribution in [0.4, 0.5) is 11.4 Å². The summed E-state index contributed by atoms with van der Waals surface area (Å²) in [6, 6.07) is 8.20. The van der Waals surface area contributed by atoms with Crippen molar-refractivity contribution >= 4 is 52.3 Å². The van der Waals surface area contributed by atoms with Gasteiger partial charge in [-0.25, -0.2) is 4.90 Å². The molecule has 1 fully saturated rings. The third-order valence-corrected chi connectivity index (χ3v) is 5.70. The molecule has 0 radical (unpaired) electrons. The lowest BCUT2D eigenvalue weighted by Gasteiger charge is -2.20. The minimum atomic E-state index is -0.992. The van der Waals surface area contributed by atoms with Gasteiger partial charge in [-0.3, -0.25) is 19.4 Å². The number of amides is 3. The van der Waals surface area contributed by atoms with Gasteiger partial charge in [0.05, 0.1) is 16.4 Å². The quantitative estimate of drug-likeness (QED) is 0.727. The second-order valence-corrected chi connectivity index (χ2v) is 7.98. The van der Waals surface area contributed by atoms with E-state index in [1.807, 2.05) is 19.9 Å². The molecule has 30 heavy (non-hydrogen) atoms. The SMILES string of the molecule is Cc1ccc(NC(=O)CN2N=N[C@H]3C(=O)N(c4ccc(C)c(Cl)c4)C(=O)[C@H]32)c(Cl)c1. The van der Waals surface area contributed by atoms with Crippen LogP contribution in [0.3, 0.4) is 0 Å². The Morgan fingerprint density at radius 1 is 1.07 bits per heavy atom. The molecule has 4 rings (SSSR count). The first-order valence-electron chi connectivity index (χ1n) is 9.13. The van der Waals surface area contributed by atoms with Crippen molar-refractivity contribution in [2.45, 2.75) is 25.9 Å². The summed E-state index contributed by atoms with van der Waals surface area (Å²) in [7, 11) is 0. The molecule has 2 aliphatic rings. The lowest BCUT2D eigenvalue weighted by Crippen LogP contribution is -2.43. The first-order valence-corrected chi connectivity index (χ1v) is 9.89. The van der Waals surface area contributed by atoms with Crippen molar-refractivity contribution < 1.29 is 14.4 Å². The van der Waals surface area contributed by atoms with Gasteiger partial charge in [-0.05, 0) is 49.2 Å². The van der Waals surface area contributed by atoms with Crippen LogP contribution < -0.4 is 10.2 Å². The average molecular weight is 446 g/mol. The van der Waals surface area contributed by atoms with Crippen molar-refractivity contribution in [1.29, 1.82) is 0 Å². The van der Waals surface area contributed by atoms with Crippen molar-refractivity contribution in [2.24, 2.45) is 10.3 Å². The van der Waals surface area contributed by atoms with Crippen LogP contribution in [0, 0.1) is 13.8 Å². The zero-order valence-corrected chi connectivity index (χ0v) is 17.6. The summed E-state index contributed by atoms with van der Waals surface area (Å²) in [5.74, 6) is -1.44. The second kappa shape index (κ2) is 7.70. The topological polar surface area (TPSA) is 94.4 Å². The van der Waals surface area contributed by atoms with Crippen molar-refractivity contribution in [2.75, 3.05) is 16.8 Å². The van der Waals surface area contributed by atoms with Crippen LogP contribution in [0.5, 0.6) is 0 Å². The summed E-state index contributed by atoms with van der Waals surface area (Å²) in [5.41, 5.74) is 2.60. The Labute approximate surface area is 182 Å². The minimum Gasteiger partial charge on any atom is -0.323 e. The molecule has 0 bridgehead atoms. The van der Waals surface area contributed by atoms with E-state index in [-0.39, 0.29) is 6.54 Å². The van der Waals surface area contributed by atoms with E-state index in [4.69, 9.17) is 23.2 Å². The number of halogens is 2. The van der Waals surface area contributed by atoms with Gasteiger partial charge in [0.1, 0.15) is 6.54 Å². The van der Waals surface area contributed by atoms with Crippen LogP contribution in [0.15, 0.2) is 46.7 Å². The molecule has 1 N–H and O–H groups in total. The zero-order valence-electron chi connectivity index (χ0n) is 16.1. The maximum atomic E-state index is 13.0. The predicted octanol–water partition coefficient (Wildman–Crippen LogP) is 3.54. The number of carbonyl (C=O) groups excluding carboxylic acids is 3. The highest BCUT2D eigenvalue weighted by Gasteiger charge is 2.55. The van der Waals surface area contributed by atoms with Crippen LogP contribution in [-0.2, 0) is 14.4 Å². The molecule has 0 unspecified atom stereocenters. The maximum Gasteiger partial charge on any atom is 0.263 e. The largest absolute Gasteiger partial charge is 0.323 e. The molecular weight excluding hydrogens is 429 g/mol. The molecule has 10 heteroatoms. The Balaban J connectivity index is 1.50. The second-order valence-electron chi connectivity index (χ2n) is 7.17. The number of aryl methyl sites for hydroxylation is 2. The van der Waals surface area contributed by atoms with Crippen molar-refractivity contribution in [3.63, 3.8) is 0 Å². The first-order chi connectivity index (χ1) is 14.3. The van der Waals surface area contributed by atoms with Gasteiger partial charge >= 0.3 is 0 Å². The predicted molar refractivity (Wildman–Crippen MR) is 113 cm³/mol. The number of benzene rings is 2. The highest BCUT2D eigenvalue weighted by molar-refractivity contribution is 6.34. The Hall–Kier alpha value is -2.97. The van der Waals surface area contributed by atoms with Gasteiger partial charge in [0.25, 0.3) is 11.8 Å². The van der Waals surface area contributed by atoms with Gasteiger partial charge in [-0.15, -0.1) is 0 Å². The summed E-state index contributed by atoms with van der Waals surface area (Å²) < 4.78 is 0. The van der Waals surface area contributed by atoms with E-state index in [0.29, 0.717) is 21.4 Å². The van der Waals surface area contributed by atoms with Gasteiger partial charge in [0.15, 0.2) is 12.1 Å². The molecule has 8 nitrogen and oxygen atoms in total. The van der Waals surface area contributed by atoms with E-state index in [2.05, 4.69) is 15.7 Å². The lowest BCUT2D eigenvalue weighted by atomic mass is 10.1. The van der Waals surface area contributed by atoms with E-state index in [1.165, 1.54) is 5.01 Å². The molecule has 2 aromatic carbocycles. The number of carbonyl (C=O) groups is 3. The average Bonchev–Trinajstić information content (AvgIpc) is 3.20. The number of anilines is 2. The summed E-state index contributed by atoms with van der Waals surface area (Å²) >= 11 is 12.3. The molecule has 2 atom stereocenters. The fourth-order valence-electron chi connectivity index (χ4n) is 3.39. The minimum absolute atomic E-state index is 0.254. The van der Waals surface area contributed by atoms with Gasteiger partial charge in [-0.2, -0.15) is 5.11 Å². The normalized spacial score (nSPS) is 20.1. The number of fused-ring (bicyclic) bond motifs is 1. The molecule has 2 aromatic rings. The molecule has 1 saturated heterocycles. The fourth-order valence-corrected chi connectivity index (χ4v) is 3.84. The smallest absolute Gasteiger partial charge is 0.263 e. The number of hydrogen-bond acceptors (Lipinski definition) is 6. The number of hydrogen-bond donors (Lipinski definition) is 1. The first kappa shape index (κ1) is 20.3. The molecule has 2 aliphatic heterocycles. The Kier molecular flexibility index (Phi) is 5.21. The molecular formula is C20H17Cl2N5O3. The Morgan fingerprint density at radius 3 is 2.53 bits per heavy atom. The number of imide groups is 1. The summed E-state index contributed by atoms with van der Waals surface area (Å²) in [6.45, 7) is 3.46. The third-order valence-electron chi connectivity index (χ3n) is 4.98. The molecule has 2 heterocycles. The lowest BCUT2D eigenvalue weighted by molar-refractivity contribution is -0.123. The van der Waals surface area contributed by atoms with Gasteiger partial charge in [0, 0.05) is 5.02 Å². The monoisotopic (exact) mass is 445 g/mol. The maximum absolute atomic E-state index is 13.0. The number of rotatable bonds is 4. The van der Waals surface area contributed by atoms with Crippen LogP contribution in [0.25, 0.3) is 0 Å². The van der Waals surface area contributed by atoms with E-state index in [0.717, 1.165) is 16.0 Å². The van der Waals surface area contributed by atoms with Crippen LogP contribution >= 0.6 is 23.2 Å². The Morgan fingerprint density at radius 2 is 1.83 bits per heavy atom. The zero-order chi connectivity index (χ0) is 21.6. The van der Waals surface area contributed by atoms with Crippen LogP contribution in [-0.4, -0.2) is 41.4 Å². The highest BCUT2D eigenvalue weighted by Crippen LogP contribution is 2.33. The van der Waals surface area contributed by atoms with Crippen molar-refractivity contribution in [1.82, 2.24) is 5.01 Å². The summed E-state index contributed by atoms with van der Waals surface area (Å²) in [5, 5.41) is 12.5. The fraction of sp³-hybridized carbons (Fsp3) is 0.250. The van der Waals surface area contributed by atoms with E-state index in [9.17, 15) is 14.4 Å². The molecule has 0 saturated carbocycles. The molecule has 154 valence electrons. The highest BCUT2D eigenvalue weighted by atomic mass is 35.5. The van der Waals surface area contributed by atoms with Gasteiger partial charge in [0.2, 0.25) is 5.91 Å². The van der Waals surface area contributed by atoms with Crippen molar-refractivity contribution in [3.8, 4) is 0 Å². The van der Waals surface area contributed by atoms with Gasteiger partial charge in [-0.1, -0.05) is 40.6 Å². The third kappa shape index (κ3) is 3.53. The molecule has 0 aliphatic carbocycles. The van der Waals surface area contributed by atoms with Crippen molar-refractivity contribution in [3.05, 3.63) is 57.6 Å². The van der Waals surface area contributed by atoms with E-state index in [1.54, 1.807) is 30.3 Å². The number of nitrogens with zero attached hydrogens (tertiary/aromatic N) is 4. The van der Waals surface area contributed by atoms with E-state index >= 15 is 0 Å². The summed E-state index contributed by atoms with van der Waals surface area (Å²) in [4.78, 5) is 39.3.